The molecule has 3 rings (SSSR count). The normalized spacial score (nSPS) is 10.8. The molecule has 0 aliphatic heterocycles. The second kappa shape index (κ2) is 4.28. The van der Waals surface area contributed by atoms with Gasteiger partial charge in [0.1, 0.15) is 17.1 Å². The van der Waals surface area contributed by atoms with Gasteiger partial charge >= 0.3 is 5.97 Å². The number of nitrogens with one attached hydrogen (secondary N) is 1. The van der Waals surface area contributed by atoms with Gasteiger partial charge < -0.3 is 14.1 Å². The minimum Gasteiger partial charge on any atom is -0.469 e. The third-order valence-electron chi connectivity index (χ3n) is 3.03. The van der Waals surface area contributed by atoms with Gasteiger partial charge in [0.2, 0.25) is 0 Å². The summed E-state index contributed by atoms with van der Waals surface area (Å²) in [7, 11) is 1.36. The Morgan fingerprint density at radius 3 is 2.89 bits per heavy atom. The number of H-pyrrole nitrogens is 1. The van der Waals surface area contributed by atoms with Crippen LogP contribution in [0.3, 0.4) is 0 Å². The van der Waals surface area contributed by atoms with E-state index in [1.54, 1.807) is 18.4 Å². The van der Waals surface area contributed by atoms with E-state index < -0.39 is 5.97 Å². The lowest BCUT2D eigenvalue weighted by molar-refractivity contribution is 0.0603. The first-order valence-electron chi connectivity index (χ1n) is 5.82. The minimum atomic E-state index is -0.396. The van der Waals surface area contributed by atoms with Crippen molar-refractivity contribution >= 4 is 17.0 Å². The number of nitrogens with zero attached hydrogens (tertiary/aromatic N) is 1. The maximum absolute atomic E-state index is 11.7. The fraction of sp³-hybridized carbons (Fsp3) is 0.143. The number of carbonyl (C=O) groups is 1. The van der Waals surface area contributed by atoms with E-state index in [2.05, 4.69) is 9.97 Å². The number of hydrogen-bond donors (Lipinski definition) is 1. The van der Waals surface area contributed by atoms with E-state index in [4.69, 9.17) is 9.15 Å². The third-order valence-corrected chi connectivity index (χ3v) is 3.03. The second-order valence-electron chi connectivity index (χ2n) is 4.17. The summed E-state index contributed by atoms with van der Waals surface area (Å²) in [6.45, 7) is 1.86. The van der Waals surface area contributed by atoms with Crippen molar-refractivity contribution < 1.29 is 13.9 Å². The number of methoxy groups -OCH3 is 1. The summed E-state index contributed by atoms with van der Waals surface area (Å²) in [5, 5.41) is 0. The molecule has 0 radical (unpaired) electrons. The third kappa shape index (κ3) is 1.79. The SMILES string of the molecule is COC(=O)c1cccc2[nH]c(-c3ccoc3C)nc12. The number of para-hydroxylation sites is 1. The number of rotatable bonds is 2. The maximum Gasteiger partial charge on any atom is 0.340 e. The van der Waals surface area contributed by atoms with Crippen molar-refractivity contribution in [2.24, 2.45) is 0 Å². The van der Waals surface area contributed by atoms with Crippen LogP contribution in [0.25, 0.3) is 22.4 Å². The van der Waals surface area contributed by atoms with Crippen LogP contribution in [0.4, 0.5) is 0 Å². The van der Waals surface area contributed by atoms with Crippen LogP contribution in [-0.2, 0) is 4.74 Å². The standard InChI is InChI=1S/C14H12N2O3/c1-8-9(6-7-19-8)13-15-11-5-3-4-10(12(11)16-13)14(17)18-2/h3-7H,1-2H3,(H,15,16). The summed E-state index contributed by atoms with van der Waals surface area (Å²) >= 11 is 0. The number of imidazole rings is 1. The van der Waals surface area contributed by atoms with Crippen molar-refractivity contribution in [2.45, 2.75) is 6.92 Å². The molecule has 19 heavy (non-hydrogen) atoms. The first kappa shape index (κ1) is 11.5. The average Bonchev–Trinajstić information content (AvgIpc) is 3.02. The lowest BCUT2D eigenvalue weighted by Crippen LogP contribution is -2.01. The van der Waals surface area contributed by atoms with Crippen molar-refractivity contribution in [2.75, 3.05) is 7.11 Å². The lowest BCUT2D eigenvalue weighted by Gasteiger charge is -1.98. The van der Waals surface area contributed by atoms with Gasteiger partial charge in [-0.15, -0.1) is 0 Å². The molecule has 0 aliphatic carbocycles. The molecule has 2 aromatic heterocycles. The zero-order valence-electron chi connectivity index (χ0n) is 10.6. The molecule has 0 amide bonds. The zero-order chi connectivity index (χ0) is 13.4. The Kier molecular flexibility index (Phi) is 2.59. The number of esters is 1. The molecule has 0 saturated heterocycles. The monoisotopic (exact) mass is 256 g/mol. The number of aromatic nitrogens is 2. The summed E-state index contributed by atoms with van der Waals surface area (Å²) in [6, 6.07) is 7.19. The van der Waals surface area contributed by atoms with E-state index in [1.165, 1.54) is 7.11 Å². The summed E-state index contributed by atoms with van der Waals surface area (Å²) in [6.07, 6.45) is 1.61. The molecule has 0 fully saturated rings. The van der Waals surface area contributed by atoms with E-state index in [-0.39, 0.29) is 0 Å². The van der Waals surface area contributed by atoms with Crippen LogP contribution in [0, 0.1) is 6.92 Å². The Balaban J connectivity index is 2.21. The van der Waals surface area contributed by atoms with Crippen LogP contribution in [0.1, 0.15) is 16.1 Å². The minimum absolute atomic E-state index is 0.396. The predicted octanol–water partition coefficient (Wildman–Crippen LogP) is 2.92. The van der Waals surface area contributed by atoms with Crippen molar-refractivity contribution in [3.63, 3.8) is 0 Å². The molecule has 2 heterocycles. The molecule has 0 unspecified atom stereocenters. The van der Waals surface area contributed by atoms with Gasteiger partial charge in [-0.05, 0) is 25.1 Å². The van der Waals surface area contributed by atoms with Crippen molar-refractivity contribution in [3.05, 3.63) is 41.9 Å². The number of furan rings is 1. The highest BCUT2D eigenvalue weighted by Gasteiger charge is 2.15. The van der Waals surface area contributed by atoms with E-state index in [9.17, 15) is 4.79 Å². The molecule has 0 saturated carbocycles. The Bertz CT molecular complexity index is 755. The van der Waals surface area contributed by atoms with Crippen LogP contribution in [0.15, 0.2) is 34.9 Å². The highest BCUT2D eigenvalue weighted by molar-refractivity contribution is 6.02. The zero-order valence-corrected chi connectivity index (χ0v) is 10.6. The van der Waals surface area contributed by atoms with Crippen molar-refractivity contribution in [1.29, 1.82) is 0 Å². The first-order chi connectivity index (χ1) is 9.20. The Morgan fingerprint density at radius 2 is 2.21 bits per heavy atom. The smallest absolute Gasteiger partial charge is 0.340 e. The molecule has 1 N–H and O–H groups in total. The summed E-state index contributed by atoms with van der Waals surface area (Å²) < 4.78 is 10.0. The van der Waals surface area contributed by atoms with Gasteiger partial charge in [0.05, 0.1) is 30.0 Å². The van der Waals surface area contributed by atoms with E-state index >= 15 is 0 Å². The van der Waals surface area contributed by atoms with Gasteiger partial charge in [0.15, 0.2) is 0 Å². The number of fused-ring (bicyclic) bond motifs is 1. The van der Waals surface area contributed by atoms with Gasteiger partial charge in [0.25, 0.3) is 0 Å². The van der Waals surface area contributed by atoms with Crippen molar-refractivity contribution in [3.8, 4) is 11.4 Å². The summed E-state index contributed by atoms with van der Waals surface area (Å²) in [4.78, 5) is 19.3. The van der Waals surface area contributed by atoms with Crippen LogP contribution in [0.2, 0.25) is 0 Å². The molecule has 5 nitrogen and oxygen atoms in total. The van der Waals surface area contributed by atoms with Crippen LogP contribution in [-0.4, -0.2) is 23.0 Å². The number of ether oxygens (including phenoxy) is 1. The topological polar surface area (TPSA) is 68.1 Å². The van der Waals surface area contributed by atoms with Crippen LogP contribution >= 0.6 is 0 Å². The quantitative estimate of drug-likeness (QED) is 0.716. The Morgan fingerprint density at radius 1 is 1.37 bits per heavy atom. The largest absolute Gasteiger partial charge is 0.469 e. The maximum atomic E-state index is 11.7. The Labute approximate surface area is 109 Å². The highest BCUT2D eigenvalue weighted by Crippen LogP contribution is 2.26. The molecule has 3 aromatic rings. The number of hydrogen-bond acceptors (Lipinski definition) is 4. The Hall–Kier alpha value is -2.56. The summed E-state index contributed by atoms with van der Waals surface area (Å²) in [5.74, 6) is 1.06. The molecule has 5 heteroatoms. The summed E-state index contributed by atoms with van der Waals surface area (Å²) in [5.41, 5.74) is 2.72. The predicted molar refractivity (Wildman–Crippen MR) is 69.9 cm³/mol. The van der Waals surface area contributed by atoms with Gasteiger partial charge in [-0.1, -0.05) is 6.07 Å². The lowest BCUT2D eigenvalue weighted by atomic mass is 10.2. The molecule has 1 aromatic carbocycles. The molecule has 96 valence electrons. The molecule has 0 spiro atoms. The van der Waals surface area contributed by atoms with Gasteiger partial charge in [-0.2, -0.15) is 0 Å². The fourth-order valence-electron chi connectivity index (χ4n) is 2.07. The van der Waals surface area contributed by atoms with Crippen LogP contribution < -0.4 is 0 Å². The number of aromatic amines is 1. The van der Waals surface area contributed by atoms with Gasteiger partial charge in [0, 0.05) is 0 Å². The molecule has 0 atom stereocenters. The number of aryl methyl sites for hydroxylation is 1. The van der Waals surface area contributed by atoms with Crippen LogP contribution in [0.5, 0.6) is 0 Å². The second-order valence-corrected chi connectivity index (χ2v) is 4.17. The molecular weight excluding hydrogens is 244 g/mol. The van der Waals surface area contributed by atoms with E-state index in [0.29, 0.717) is 16.9 Å². The fourth-order valence-corrected chi connectivity index (χ4v) is 2.07. The molecule has 0 bridgehead atoms. The van der Waals surface area contributed by atoms with Crippen molar-refractivity contribution in [1.82, 2.24) is 9.97 Å². The van der Waals surface area contributed by atoms with E-state index in [0.717, 1.165) is 16.8 Å². The number of benzene rings is 1. The average molecular weight is 256 g/mol. The molecule has 0 aliphatic rings. The number of carbonyl (C=O) groups excluding carboxylic acids is 1. The molecular formula is C14H12N2O3. The van der Waals surface area contributed by atoms with Gasteiger partial charge in [-0.3, -0.25) is 0 Å². The van der Waals surface area contributed by atoms with E-state index in [1.807, 2.05) is 19.1 Å². The first-order valence-corrected chi connectivity index (χ1v) is 5.82. The highest BCUT2D eigenvalue weighted by atomic mass is 16.5. The van der Waals surface area contributed by atoms with Gasteiger partial charge in [-0.25, -0.2) is 9.78 Å².